The largest absolute Gasteiger partial charge is 0.444 e. The Hall–Kier alpha value is -1.36. The summed E-state index contributed by atoms with van der Waals surface area (Å²) in [5.41, 5.74) is 0.437. The van der Waals surface area contributed by atoms with Crippen LogP contribution in [0.4, 0.5) is 4.79 Å². The Morgan fingerprint density at radius 2 is 2.12 bits per heavy atom. The second kappa shape index (κ2) is 5.82. The van der Waals surface area contributed by atoms with Crippen LogP contribution in [0.5, 0.6) is 0 Å². The maximum absolute atomic E-state index is 11.5. The van der Waals surface area contributed by atoms with E-state index < -0.39 is 11.7 Å². The van der Waals surface area contributed by atoms with Crippen molar-refractivity contribution >= 4 is 23.2 Å². The summed E-state index contributed by atoms with van der Waals surface area (Å²) in [6.07, 6.45) is -0.213. The van der Waals surface area contributed by atoms with Gasteiger partial charge in [0, 0.05) is 6.42 Å². The number of Topliss-reactive ketones (excluding diaryl/α,β-unsaturated/α-hetero) is 1. The molecule has 0 aromatic carbocycles. The quantitative estimate of drug-likeness (QED) is 0.898. The third-order valence-corrected chi connectivity index (χ3v) is 2.54. The Balaban J connectivity index is 2.26. The smallest absolute Gasteiger partial charge is 0.408 e. The van der Waals surface area contributed by atoms with Crippen LogP contribution in [0.2, 0.25) is 0 Å². The number of thiophene rings is 1. The van der Waals surface area contributed by atoms with Crippen molar-refractivity contribution in [3.05, 3.63) is 22.4 Å². The Kier molecular flexibility index (Phi) is 4.69. The van der Waals surface area contributed by atoms with Gasteiger partial charge in [0.1, 0.15) is 5.60 Å². The van der Waals surface area contributed by atoms with Gasteiger partial charge in [-0.15, -0.1) is 0 Å². The van der Waals surface area contributed by atoms with Gasteiger partial charge in [-0.3, -0.25) is 4.79 Å². The standard InChI is InChI=1S/C12H17NO3S/c1-12(2,3)16-11(15)13-7-10(14)6-9-4-5-17-8-9/h4-5,8H,6-7H2,1-3H3,(H,13,15). The number of amides is 1. The molecule has 1 heterocycles. The minimum absolute atomic E-state index is 0.00472. The number of hydrogen-bond acceptors (Lipinski definition) is 4. The van der Waals surface area contributed by atoms with Crippen molar-refractivity contribution in [2.24, 2.45) is 0 Å². The number of nitrogens with one attached hydrogen (secondary N) is 1. The van der Waals surface area contributed by atoms with E-state index in [1.54, 1.807) is 32.1 Å². The van der Waals surface area contributed by atoms with Gasteiger partial charge in [-0.1, -0.05) is 0 Å². The van der Waals surface area contributed by atoms with Gasteiger partial charge in [0.25, 0.3) is 0 Å². The van der Waals surface area contributed by atoms with E-state index in [-0.39, 0.29) is 12.3 Å². The number of carbonyl (C=O) groups excluding carboxylic acids is 2. The first-order chi connectivity index (χ1) is 7.87. The second-order valence-electron chi connectivity index (χ2n) is 4.70. The van der Waals surface area contributed by atoms with E-state index in [1.807, 2.05) is 16.8 Å². The van der Waals surface area contributed by atoms with Crippen molar-refractivity contribution in [3.63, 3.8) is 0 Å². The van der Waals surface area contributed by atoms with Crippen LogP contribution in [0.15, 0.2) is 16.8 Å². The zero-order valence-electron chi connectivity index (χ0n) is 10.3. The molecule has 0 saturated carbocycles. The summed E-state index contributed by atoms with van der Waals surface area (Å²) in [6, 6.07) is 1.90. The van der Waals surface area contributed by atoms with Gasteiger partial charge in [0.05, 0.1) is 6.54 Å². The average molecular weight is 255 g/mol. The van der Waals surface area contributed by atoms with E-state index in [4.69, 9.17) is 4.74 Å². The fraction of sp³-hybridized carbons (Fsp3) is 0.500. The second-order valence-corrected chi connectivity index (χ2v) is 5.48. The molecule has 1 aromatic heterocycles. The Bertz CT molecular complexity index is 379. The summed E-state index contributed by atoms with van der Waals surface area (Å²) in [7, 11) is 0. The number of ether oxygens (including phenoxy) is 1. The van der Waals surface area contributed by atoms with Gasteiger partial charge in [-0.2, -0.15) is 11.3 Å². The molecule has 1 aromatic rings. The summed E-state index contributed by atoms with van der Waals surface area (Å²) in [4.78, 5) is 22.8. The number of hydrogen-bond donors (Lipinski definition) is 1. The fourth-order valence-corrected chi connectivity index (χ4v) is 1.84. The molecule has 0 unspecified atom stereocenters. The van der Waals surface area contributed by atoms with Crippen molar-refractivity contribution in [2.45, 2.75) is 32.8 Å². The van der Waals surface area contributed by atoms with Crippen LogP contribution >= 0.6 is 11.3 Å². The number of carbonyl (C=O) groups is 2. The van der Waals surface area contributed by atoms with Crippen LogP contribution in [-0.4, -0.2) is 24.0 Å². The van der Waals surface area contributed by atoms with Gasteiger partial charge in [-0.25, -0.2) is 4.79 Å². The lowest BCUT2D eigenvalue weighted by Gasteiger charge is -2.19. The van der Waals surface area contributed by atoms with E-state index >= 15 is 0 Å². The monoisotopic (exact) mass is 255 g/mol. The minimum Gasteiger partial charge on any atom is -0.444 e. The molecule has 94 valence electrons. The Labute approximate surface area is 105 Å². The van der Waals surface area contributed by atoms with Crippen molar-refractivity contribution in [1.29, 1.82) is 0 Å². The van der Waals surface area contributed by atoms with Crippen LogP contribution in [0, 0.1) is 0 Å². The number of ketones is 1. The molecule has 0 atom stereocenters. The zero-order chi connectivity index (χ0) is 12.9. The van der Waals surface area contributed by atoms with Crippen LogP contribution in [0.1, 0.15) is 26.3 Å². The van der Waals surface area contributed by atoms with E-state index in [9.17, 15) is 9.59 Å². The summed E-state index contributed by atoms with van der Waals surface area (Å²) >= 11 is 1.55. The molecule has 0 fully saturated rings. The van der Waals surface area contributed by atoms with Gasteiger partial charge >= 0.3 is 6.09 Å². The first kappa shape index (κ1) is 13.7. The molecule has 0 radical (unpaired) electrons. The van der Waals surface area contributed by atoms with Crippen LogP contribution in [0.3, 0.4) is 0 Å². The highest BCUT2D eigenvalue weighted by Crippen LogP contribution is 2.07. The van der Waals surface area contributed by atoms with Gasteiger partial charge < -0.3 is 10.1 Å². The Morgan fingerprint density at radius 1 is 1.41 bits per heavy atom. The van der Waals surface area contributed by atoms with Crippen LogP contribution in [-0.2, 0) is 16.0 Å². The molecular weight excluding hydrogens is 238 g/mol. The zero-order valence-corrected chi connectivity index (χ0v) is 11.1. The molecule has 0 bridgehead atoms. The third kappa shape index (κ3) is 6.06. The fourth-order valence-electron chi connectivity index (χ4n) is 1.17. The highest BCUT2D eigenvalue weighted by Gasteiger charge is 2.16. The van der Waals surface area contributed by atoms with Gasteiger partial charge in [0.2, 0.25) is 0 Å². The van der Waals surface area contributed by atoms with Crippen molar-refractivity contribution in [3.8, 4) is 0 Å². The molecule has 5 heteroatoms. The minimum atomic E-state index is -0.559. The molecule has 1 amide bonds. The highest BCUT2D eigenvalue weighted by molar-refractivity contribution is 7.07. The normalized spacial score (nSPS) is 11.0. The topological polar surface area (TPSA) is 55.4 Å². The molecule has 1 rings (SSSR count). The lowest BCUT2D eigenvalue weighted by Crippen LogP contribution is -2.35. The maximum atomic E-state index is 11.5. The third-order valence-electron chi connectivity index (χ3n) is 1.81. The van der Waals surface area contributed by atoms with Crippen molar-refractivity contribution < 1.29 is 14.3 Å². The average Bonchev–Trinajstić information content (AvgIpc) is 2.64. The summed E-state index contributed by atoms with van der Waals surface area (Å²) in [5, 5.41) is 6.29. The molecular formula is C12H17NO3S. The van der Waals surface area contributed by atoms with Gasteiger partial charge in [0.15, 0.2) is 5.78 Å². The van der Waals surface area contributed by atoms with E-state index in [1.165, 1.54) is 0 Å². The van der Waals surface area contributed by atoms with Crippen molar-refractivity contribution in [2.75, 3.05) is 6.54 Å². The maximum Gasteiger partial charge on any atom is 0.408 e. The molecule has 0 aliphatic carbocycles. The van der Waals surface area contributed by atoms with E-state index in [2.05, 4.69) is 5.32 Å². The van der Waals surface area contributed by atoms with E-state index in [0.29, 0.717) is 6.42 Å². The van der Waals surface area contributed by atoms with Crippen LogP contribution < -0.4 is 5.32 Å². The number of alkyl carbamates (subject to hydrolysis) is 1. The Morgan fingerprint density at radius 3 is 2.65 bits per heavy atom. The summed E-state index contributed by atoms with van der Waals surface area (Å²) in [6.45, 7) is 5.34. The highest BCUT2D eigenvalue weighted by atomic mass is 32.1. The molecule has 0 spiro atoms. The van der Waals surface area contributed by atoms with E-state index in [0.717, 1.165) is 5.56 Å². The van der Waals surface area contributed by atoms with Gasteiger partial charge in [-0.05, 0) is 43.2 Å². The number of rotatable bonds is 4. The molecule has 4 nitrogen and oxygen atoms in total. The molecule has 0 aliphatic heterocycles. The predicted molar refractivity (Wildman–Crippen MR) is 67.3 cm³/mol. The molecule has 1 N–H and O–H groups in total. The SMILES string of the molecule is CC(C)(C)OC(=O)NCC(=O)Cc1ccsc1. The van der Waals surface area contributed by atoms with Crippen molar-refractivity contribution in [1.82, 2.24) is 5.32 Å². The molecule has 0 aliphatic rings. The lowest BCUT2D eigenvalue weighted by molar-refractivity contribution is -0.117. The summed E-state index contributed by atoms with van der Waals surface area (Å²) in [5.74, 6) is -0.0331. The summed E-state index contributed by atoms with van der Waals surface area (Å²) < 4.78 is 5.02. The predicted octanol–water partition coefficient (Wildman–Crippen LogP) is 2.38. The first-order valence-corrected chi connectivity index (χ1v) is 6.31. The van der Waals surface area contributed by atoms with Crippen LogP contribution in [0.25, 0.3) is 0 Å². The molecule has 0 saturated heterocycles. The first-order valence-electron chi connectivity index (χ1n) is 5.36. The lowest BCUT2D eigenvalue weighted by atomic mass is 10.2. The molecule has 17 heavy (non-hydrogen) atoms.